The molecule has 1 saturated heterocycles. The van der Waals surface area contributed by atoms with Crippen molar-refractivity contribution in [3.05, 3.63) is 0 Å². The first-order chi connectivity index (χ1) is 10.5. The lowest BCUT2D eigenvalue weighted by atomic mass is 9.93. The summed E-state index contributed by atoms with van der Waals surface area (Å²) in [7, 11) is 0. The number of hydrogen-bond acceptors (Lipinski definition) is 3. The van der Waals surface area contributed by atoms with Crippen LogP contribution < -0.4 is 0 Å². The molecule has 1 aliphatic heterocycles. The molecule has 0 radical (unpaired) electrons. The zero-order chi connectivity index (χ0) is 19.2. The van der Waals surface area contributed by atoms with Gasteiger partial charge in [0.15, 0.2) is 0 Å². The lowest BCUT2D eigenvalue weighted by molar-refractivity contribution is -0.429. The molecule has 24 heavy (non-hydrogen) atoms. The third-order valence-electron chi connectivity index (χ3n) is 2.99. The Morgan fingerprint density at radius 3 is 1.71 bits per heavy atom. The van der Waals surface area contributed by atoms with E-state index in [1.165, 1.54) is 0 Å². The van der Waals surface area contributed by atoms with E-state index in [1.54, 1.807) is 0 Å². The summed E-state index contributed by atoms with van der Waals surface area (Å²) < 4.78 is 149. The zero-order valence-electron chi connectivity index (χ0n) is 11.1. The average molecular weight is 384 g/mol. The van der Waals surface area contributed by atoms with Crippen molar-refractivity contribution in [2.75, 3.05) is 13.2 Å². The number of carbonyl (C=O) groups excluding carboxylic acids is 1. The summed E-state index contributed by atoms with van der Waals surface area (Å²) in [6.07, 6.45) is -12.4. The largest absolute Gasteiger partial charge is 0.463 e. The number of rotatable bonds is 4. The lowest BCUT2D eigenvalue weighted by Crippen LogP contribution is -2.69. The molecule has 1 heterocycles. The van der Waals surface area contributed by atoms with E-state index < -0.39 is 61.6 Å². The van der Waals surface area contributed by atoms with Crippen LogP contribution in [0.1, 0.15) is 6.42 Å². The summed E-state index contributed by atoms with van der Waals surface area (Å²) in [5, 5.41) is 0. The fourth-order valence-corrected chi connectivity index (χ4v) is 1.63. The predicted octanol–water partition coefficient (Wildman–Crippen LogP) is 3.42. The van der Waals surface area contributed by atoms with Crippen molar-refractivity contribution in [3.63, 3.8) is 0 Å². The van der Waals surface area contributed by atoms with Crippen molar-refractivity contribution in [2.45, 2.75) is 42.4 Å². The van der Waals surface area contributed by atoms with Crippen molar-refractivity contribution >= 4 is 5.97 Å². The van der Waals surface area contributed by atoms with E-state index in [0.717, 1.165) is 0 Å². The maximum Gasteiger partial charge on any atom is 0.460 e. The molecular formula is C10H7F11O3. The normalized spacial score (nSPS) is 22.1. The van der Waals surface area contributed by atoms with Gasteiger partial charge in [0.2, 0.25) is 0 Å². The molecule has 1 atom stereocenters. The van der Waals surface area contributed by atoms with E-state index in [2.05, 4.69) is 9.47 Å². The Kier molecular flexibility index (Phi) is 5.07. The first kappa shape index (κ1) is 20.7. The van der Waals surface area contributed by atoms with E-state index in [0.29, 0.717) is 0 Å². The Morgan fingerprint density at radius 1 is 0.750 bits per heavy atom. The number of hydrogen-bond donors (Lipinski definition) is 0. The molecule has 0 aromatic rings. The molecule has 1 aliphatic rings. The summed E-state index contributed by atoms with van der Waals surface area (Å²) in [6, 6.07) is 0. The number of cyclic esters (lactones) is 1. The quantitative estimate of drug-likeness (QED) is 0.551. The predicted molar refractivity (Wildman–Crippen MR) is 51.2 cm³/mol. The Labute approximate surface area is 125 Å². The number of esters is 1. The smallest absolute Gasteiger partial charge is 0.460 e. The van der Waals surface area contributed by atoms with E-state index in [-0.39, 0.29) is 0 Å². The Balaban J connectivity index is 3.31. The minimum atomic E-state index is -7.53. The number of ether oxygens (including phenoxy) is 2. The van der Waals surface area contributed by atoms with Gasteiger partial charge < -0.3 is 9.47 Å². The van der Waals surface area contributed by atoms with Crippen LogP contribution in [0.4, 0.5) is 48.3 Å². The van der Waals surface area contributed by atoms with Gasteiger partial charge >= 0.3 is 35.8 Å². The average Bonchev–Trinajstić information content (AvgIpc) is 2.61. The van der Waals surface area contributed by atoms with Gasteiger partial charge in [-0.25, -0.2) is 0 Å². The van der Waals surface area contributed by atoms with Crippen LogP contribution in [-0.2, 0) is 14.3 Å². The van der Waals surface area contributed by atoms with Gasteiger partial charge in [-0.2, -0.15) is 48.3 Å². The second-order valence-corrected chi connectivity index (χ2v) is 4.63. The molecule has 0 spiro atoms. The highest BCUT2D eigenvalue weighted by molar-refractivity contribution is 5.70. The van der Waals surface area contributed by atoms with Gasteiger partial charge in [-0.3, -0.25) is 4.79 Å². The summed E-state index contributed by atoms with van der Waals surface area (Å²) in [4.78, 5) is 10.9. The Morgan fingerprint density at radius 2 is 1.25 bits per heavy atom. The SMILES string of the molecule is O=C1CC(C(F)(F)C(F)(F)C(F)(F)C(F)(F)C(F)(F)F)OCCO1. The fourth-order valence-electron chi connectivity index (χ4n) is 1.63. The summed E-state index contributed by atoms with van der Waals surface area (Å²) in [5.41, 5.74) is 0. The van der Waals surface area contributed by atoms with Gasteiger partial charge in [-0.1, -0.05) is 0 Å². The Hall–Kier alpha value is -1.34. The van der Waals surface area contributed by atoms with Crippen LogP contribution >= 0.6 is 0 Å². The first-order valence-electron chi connectivity index (χ1n) is 5.85. The van der Waals surface area contributed by atoms with Crippen LogP contribution in [-0.4, -0.2) is 55.2 Å². The number of alkyl halides is 11. The van der Waals surface area contributed by atoms with Gasteiger partial charge in [0.05, 0.1) is 13.0 Å². The second kappa shape index (κ2) is 5.88. The molecule has 1 fully saturated rings. The molecule has 3 nitrogen and oxygen atoms in total. The van der Waals surface area contributed by atoms with Crippen molar-refractivity contribution in [1.29, 1.82) is 0 Å². The molecular weight excluding hydrogens is 377 g/mol. The third kappa shape index (κ3) is 2.99. The van der Waals surface area contributed by atoms with Crippen molar-refractivity contribution < 1.29 is 62.6 Å². The summed E-state index contributed by atoms with van der Waals surface area (Å²) >= 11 is 0. The standard InChI is InChI=1S/C10H7F11O3/c11-6(12,4-3-5(22)24-2-1-23-4)7(13,14)8(15,16)9(17,18)10(19,20)21/h4H,1-3H2. The fraction of sp³-hybridized carbons (Fsp3) is 0.900. The second-order valence-electron chi connectivity index (χ2n) is 4.63. The maximum atomic E-state index is 13.6. The van der Waals surface area contributed by atoms with E-state index in [4.69, 9.17) is 0 Å². The highest BCUT2D eigenvalue weighted by Crippen LogP contribution is 2.58. The van der Waals surface area contributed by atoms with Crippen LogP contribution in [0.15, 0.2) is 0 Å². The number of halogens is 11. The molecule has 14 heteroatoms. The van der Waals surface area contributed by atoms with Crippen molar-refractivity contribution in [2.24, 2.45) is 0 Å². The number of carbonyl (C=O) groups is 1. The molecule has 142 valence electrons. The topological polar surface area (TPSA) is 35.5 Å². The summed E-state index contributed by atoms with van der Waals surface area (Å²) in [5.74, 6) is -30.1. The van der Waals surface area contributed by atoms with Crippen molar-refractivity contribution in [3.8, 4) is 0 Å². The third-order valence-corrected chi connectivity index (χ3v) is 2.99. The van der Waals surface area contributed by atoms with E-state index >= 15 is 0 Å². The maximum absolute atomic E-state index is 13.6. The van der Waals surface area contributed by atoms with E-state index in [9.17, 15) is 53.1 Å². The van der Waals surface area contributed by atoms with Gasteiger partial charge in [-0.05, 0) is 0 Å². The molecule has 0 amide bonds. The van der Waals surface area contributed by atoms with Gasteiger partial charge in [-0.15, -0.1) is 0 Å². The molecule has 1 unspecified atom stereocenters. The van der Waals surface area contributed by atoms with Crippen LogP contribution in [0.2, 0.25) is 0 Å². The van der Waals surface area contributed by atoms with Crippen LogP contribution in [0.5, 0.6) is 0 Å². The molecule has 0 aromatic carbocycles. The van der Waals surface area contributed by atoms with Crippen LogP contribution in [0.3, 0.4) is 0 Å². The van der Waals surface area contributed by atoms with Gasteiger partial charge in [0, 0.05) is 0 Å². The highest BCUT2D eigenvalue weighted by Gasteiger charge is 2.88. The van der Waals surface area contributed by atoms with Gasteiger partial charge in [0.25, 0.3) is 0 Å². The monoisotopic (exact) mass is 384 g/mol. The van der Waals surface area contributed by atoms with Crippen LogP contribution in [0, 0.1) is 0 Å². The first-order valence-corrected chi connectivity index (χ1v) is 5.85. The molecule has 0 N–H and O–H groups in total. The van der Waals surface area contributed by atoms with Crippen molar-refractivity contribution in [1.82, 2.24) is 0 Å². The summed E-state index contributed by atoms with van der Waals surface area (Å²) in [6.45, 7) is -1.71. The van der Waals surface area contributed by atoms with Crippen LogP contribution in [0.25, 0.3) is 0 Å². The molecule has 1 rings (SSSR count). The van der Waals surface area contributed by atoms with Gasteiger partial charge in [0.1, 0.15) is 12.7 Å². The zero-order valence-corrected chi connectivity index (χ0v) is 11.1. The minimum Gasteiger partial charge on any atom is -0.463 e. The Bertz CT molecular complexity index is 485. The molecule has 0 saturated carbocycles. The molecule has 0 aliphatic carbocycles. The lowest BCUT2D eigenvalue weighted by Gasteiger charge is -2.39. The molecule has 0 bridgehead atoms. The minimum absolute atomic E-state index is 0.730. The molecule has 0 aromatic heterocycles. The van der Waals surface area contributed by atoms with E-state index in [1.807, 2.05) is 0 Å². The highest BCUT2D eigenvalue weighted by atomic mass is 19.4.